The first-order chi connectivity index (χ1) is 13.3. The van der Waals surface area contributed by atoms with Crippen LogP contribution in [0.1, 0.15) is 31.5 Å². The molecule has 28 heavy (non-hydrogen) atoms. The van der Waals surface area contributed by atoms with Gasteiger partial charge >= 0.3 is 5.69 Å². The van der Waals surface area contributed by atoms with E-state index < -0.39 is 11.2 Å². The number of aromatic nitrogens is 3. The Morgan fingerprint density at radius 3 is 2.57 bits per heavy atom. The van der Waals surface area contributed by atoms with E-state index in [1.807, 2.05) is 26.0 Å². The van der Waals surface area contributed by atoms with E-state index in [1.165, 1.54) is 0 Å². The van der Waals surface area contributed by atoms with Crippen molar-refractivity contribution in [3.8, 4) is 0 Å². The molecule has 0 spiro atoms. The minimum atomic E-state index is -0.550. The highest BCUT2D eigenvalue weighted by molar-refractivity contribution is 5.90. The molecule has 1 amide bonds. The molecular weight excluding hydrogens is 362 g/mol. The maximum absolute atomic E-state index is 12.2. The summed E-state index contributed by atoms with van der Waals surface area (Å²) >= 11 is 0. The Bertz CT molecular complexity index is 940. The van der Waals surface area contributed by atoms with E-state index in [4.69, 9.17) is 4.74 Å². The molecule has 3 rings (SSSR count). The van der Waals surface area contributed by atoms with E-state index in [9.17, 15) is 14.4 Å². The molecule has 150 valence electrons. The largest absolute Gasteiger partial charge is 0.372 e. The van der Waals surface area contributed by atoms with Crippen LogP contribution in [0.3, 0.4) is 0 Å². The van der Waals surface area contributed by atoms with Crippen LogP contribution in [0, 0.1) is 6.92 Å². The van der Waals surface area contributed by atoms with Gasteiger partial charge in [0.05, 0.1) is 24.1 Å². The zero-order valence-corrected chi connectivity index (χ0v) is 16.2. The fourth-order valence-electron chi connectivity index (χ4n) is 3.40. The number of nitrogens with zero attached hydrogens (tertiary/aromatic N) is 2. The molecule has 9 nitrogen and oxygen atoms in total. The smallest absolute Gasteiger partial charge is 0.325 e. The number of pyridine rings is 1. The van der Waals surface area contributed by atoms with Crippen molar-refractivity contribution in [1.82, 2.24) is 15.0 Å². The number of aryl methyl sites for hydroxylation is 1. The van der Waals surface area contributed by atoms with Crippen molar-refractivity contribution in [2.24, 2.45) is 0 Å². The standard InChI is InChI=1S/C19H25N5O4/c1-11-9-24(10-12(2)28-11)16-6-4-14(8-20-16)22-17(25)7-5-15-13(3)21-19(27)23-18(15)26/h4,6,8,11-12H,5,7,9-10H2,1-3H3,(H,22,25)(H2,21,23,26,27)/t11-,12-/m0/s1. The van der Waals surface area contributed by atoms with Gasteiger partial charge < -0.3 is 19.9 Å². The third kappa shape index (κ3) is 4.86. The SMILES string of the molecule is Cc1[nH]c(=O)[nH]c(=O)c1CCC(=O)Nc1ccc(N2C[C@H](C)O[C@@H](C)C2)nc1. The molecular formula is C19H25N5O4. The first-order valence-corrected chi connectivity index (χ1v) is 9.30. The van der Waals surface area contributed by atoms with Crippen LogP contribution in [-0.2, 0) is 16.0 Å². The molecule has 2 aromatic rings. The zero-order chi connectivity index (χ0) is 20.3. The summed E-state index contributed by atoms with van der Waals surface area (Å²) in [5.74, 6) is 0.614. The van der Waals surface area contributed by atoms with Gasteiger partial charge in [0.25, 0.3) is 5.56 Å². The van der Waals surface area contributed by atoms with Crippen LogP contribution in [0.15, 0.2) is 27.9 Å². The van der Waals surface area contributed by atoms with E-state index in [0.29, 0.717) is 16.9 Å². The number of ether oxygens (including phenoxy) is 1. The molecule has 0 bridgehead atoms. The van der Waals surface area contributed by atoms with Crippen molar-refractivity contribution in [3.05, 3.63) is 50.4 Å². The van der Waals surface area contributed by atoms with E-state index in [1.54, 1.807) is 13.1 Å². The van der Waals surface area contributed by atoms with Gasteiger partial charge in [-0.1, -0.05) is 0 Å². The summed E-state index contributed by atoms with van der Waals surface area (Å²) in [5.41, 5.74) is 0.454. The molecule has 1 fully saturated rings. The molecule has 0 radical (unpaired) electrons. The number of hydrogen-bond acceptors (Lipinski definition) is 6. The van der Waals surface area contributed by atoms with Gasteiger partial charge in [-0.3, -0.25) is 14.6 Å². The monoisotopic (exact) mass is 387 g/mol. The minimum absolute atomic E-state index is 0.121. The van der Waals surface area contributed by atoms with Gasteiger partial charge in [0.2, 0.25) is 5.91 Å². The second-order valence-electron chi connectivity index (χ2n) is 7.13. The average Bonchev–Trinajstić information content (AvgIpc) is 2.60. The summed E-state index contributed by atoms with van der Waals surface area (Å²) in [6, 6.07) is 3.68. The number of carbonyl (C=O) groups excluding carboxylic acids is 1. The lowest BCUT2D eigenvalue weighted by molar-refractivity contribution is -0.116. The van der Waals surface area contributed by atoms with E-state index in [-0.39, 0.29) is 31.0 Å². The lowest BCUT2D eigenvalue weighted by Crippen LogP contribution is -2.45. The summed E-state index contributed by atoms with van der Waals surface area (Å²) in [6.45, 7) is 7.25. The maximum Gasteiger partial charge on any atom is 0.325 e. The minimum Gasteiger partial charge on any atom is -0.372 e. The fourth-order valence-corrected chi connectivity index (χ4v) is 3.40. The van der Waals surface area contributed by atoms with Crippen LogP contribution in [0.25, 0.3) is 0 Å². The van der Waals surface area contributed by atoms with Gasteiger partial charge in [-0.15, -0.1) is 0 Å². The Morgan fingerprint density at radius 1 is 1.25 bits per heavy atom. The van der Waals surface area contributed by atoms with Crippen molar-refractivity contribution in [3.63, 3.8) is 0 Å². The predicted molar refractivity (Wildman–Crippen MR) is 106 cm³/mol. The Kier molecular flexibility index (Phi) is 5.93. The van der Waals surface area contributed by atoms with Crippen molar-refractivity contribution in [1.29, 1.82) is 0 Å². The number of amides is 1. The summed E-state index contributed by atoms with van der Waals surface area (Å²) in [4.78, 5) is 46.6. The number of nitrogens with one attached hydrogen (secondary N) is 3. The molecule has 0 aliphatic carbocycles. The average molecular weight is 387 g/mol. The first-order valence-electron chi connectivity index (χ1n) is 9.30. The van der Waals surface area contributed by atoms with Crippen molar-refractivity contribution >= 4 is 17.4 Å². The molecule has 2 aromatic heterocycles. The number of H-pyrrole nitrogens is 2. The number of anilines is 2. The molecule has 0 saturated carbocycles. The number of rotatable bonds is 5. The maximum atomic E-state index is 12.2. The van der Waals surface area contributed by atoms with E-state index in [2.05, 4.69) is 25.2 Å². The van der Waals surface area contributed by atoms with Gasteiger partial charge in [-0.05, 0) is 39.3 Å². The van der Waals surface area contributed by atoms with Crippen molar-refractivity contribution < 1.29 is 9.53 Å². The summed E-state index contributed by atoms with van der Waals surface area (Å²) in [6.07, 6.45) is 2.26. The highest BCUT2D eigenvalue weighted by Gasteiger charge is 2.23. The van der Waals surface area contributed by atoms with Gasteiger partial charge in [-0.2, -0.15) is 0 Å². The third-order valence-electron chi connectivity index (χ3n) is 4.63. The van der Waals surface area contributed by atoms with Crippen LogP contribution in [0.4, 0.5) is 11.5 Å². The molecule has 3 heterocycles. The van der Waals surface area contributed by atoms with Gasteiger partial charge in [0.15, 0.2) is 0 Å². The first kappa shape index (κ1) is 19.8. The second-order valence-corrected chi connectivity index (χ2v) is 7.13. The van der Waals surface area contributed by atoms with Crippen LogP contribution in [-0.4, -0.2) is 46.2 Å². The van der Waals surface area contributed by atoms with Crippen molar-refractivity contribution in [2.45, 2.75) is 45.8 Å². The number of aromatic amines is 2. The molecule has 0 aromatic carbocycles. The summed E-state index contributed by atoms with van der Waals surface area (Å²) < 4.78 is 5.73. The van der Waals surface area contributed by atoms with Gasteiger partial charge in [0.1, 0.15) is 5.82 Å². The second kappa shape index (κ2) is 8.39. The third-order valence-corrected chi connectivity index (χ3v) is 4.63. The Balaban J connectivity index is 1.58. The van der Waals surface area contributed by atoms with Gasteiger partial charge in [0, 0.05) is 30.8 Å². The molecule has 1 aliphatic rings. The number of morpholine rings is 1. The molecule has 9 heteroatoms. The molecule has 1 saturated heterocycles. The normalized spacial score (nSPS) is 19.5. The lowest BCUT2D eigenvalue weighted by Gasteiger charge is -2.36. The van der Waals surface area contributed by atoms with Crippen LogP contribution >= 0.6 is 0 Å². The summed E-state index contributed by atoms with van der Waals surface area (Å²) in [7, 11) is 0. The van der Waals surface area contributed by atoms with Crippen LogP contribution in [0.2, 0.25) is 0 Å². The zero-order valence-electron chi connectivity index (χ0n) is 16.2. The van der Waals surface area contributed by atoms with E-state index in [0.717, 1.165) is 18.9 Å². The molecule has 3 N–H and O–H groups in total. The van der Waals surface area contributed by atoms with Crippen LogP contribution in [0.5, 0.6) is 0 Å². The molecule has 0 unspecified atom stereocenters. The van der Waals surface area contributed by atoms with E-state index >= 15 is 0 Å². The lowest BCUT2D eigenvalue weighted by atomic mass is 10.1. The molecule has 2 atom stereocenters. The van der Waals surface area contributed by atoms with Gasteiger partial charge in [-0.25, -0.2) is 9.78 Å². The highest BCUT2D eigenvalue weighted by Crippen LogP contribution is 2.19. The topological polar surface area (TPSA) is 120 Å². The quantitative estimate of drug-likeness (QED) is 0.703. The molecule has 1 aliphatic heterocycles. The Hall–Kier alpha value is -2.94. The number of carbonyl (C=O) groups is 1. The fraction of sp³-hybridized carbons (Fsp3) is 0.474. The van der Waals surface area contributed by atoms with Crippen molar-refractivity contribution in [2.75, 3.05) is 23.3 Å². The Morgan fingerprint density at radius 2 is 1.96 bits per heavy atom. The predicted octanol–water partition coefficient (Wildman–Crippen LogP) is 0.952. The Labute approximate surface area is 162 Å². The number of hydrogen-bond donors (Lipinski definition) is 3. The summed E-state index contributed by atoms with van der Waals surface area (Å²) in [5, 5.41) is 2.78. The highest BCUT2D eigenvalue weighted by atomic mass is 16.5. The van der Waals surface area contributed by atoms with Crippen LogP contribution < -0.4 is 21.5 Å².